The third-order valence-electron chi connectivity index (χ3n) is 2.39. The first-order chi connectivity index (χ1) is 8.58. The molecule has 2 heterocycles. The molecule has 2 N–H and O–H groups in total. The molecule has 2 aromatic heterocycles. The van der Waals surface area contributed by atoms with Crippen molar-refractivity contribution in [3.8, 4) is 0 Å². The number of carbonyl (C=O) groups excluding carboxylic acids is 1. The van der Waals surface area contributed by atoms with Gasteiger partial charge in [0.15, 0.2) is 5.13 Å². The molecule has 0 saturated carbocycles. The number of aliphatic hydroxyl groups is 1. The van der Waals surface area contributed by atoms with Gasteiger partial charge >= 0.3 is 0 Å². The Kier molecular flexibility index (Phi) is 3.69. The molecule has 0 aromatic carbocycles. The van der Waals surface area contributed by atoms with E-state index in [-0.39, 0.29) is 5.91 Å². The molecule has 5 nitrogen and oxygen atoms in total. The van der Waals surface area contributed by atoms with E-state index in [0.29, 0.717) is 16.5 Å². The van der Waals surface area contributed by atoms with Crippen molar-refractivity contribution < 1.29 is 9.90 Å². The van der Waals surface area contributed by atoms with Gasteiger partial charge in [-0.1, -0.05) is 6.07 Å². The third-order valence-corrected chi connectivity index (χ3v) is 3.17. The first-order valence-electron chi connectivity index (χ1n) is 5.44. The van der Waals surface area contributed by atoms with E-state index >= 15 is 0 Å². The van der Waals surface area contributed by atoms with E-state index in [1.165, 1.54) is 11.3 Å². The molecule has 0 aliphatic rings. The maximum atomic E-state index is 11.9. The second-order valence-electron chi connectivity index (χ2n) is 3.88. The number of aryl methyl sites for hydroxylation is 1. The molecule has 1 unspecified atom stereocenters. The van der Waals surface area contributed by atoms with Crippen LogP contribution < -0.4 is 5.32 Å². The van der Waals surface area contributed by atoms with Crippen LogP contribution in [0.4, 0.5) is 5.13 Å². The van der Waals surface area contributed by atoms with Crippen molar-refractivity contribution in [2.45, 2.75) is 20.0 Å². The van der Waals surface area contributed by atoms with Crippen LogP contribution >= 0.6 is 11.3 Å². The van der Waals surface area contributed by atoms with Gasteiger partial charge in [0.1, 0.15) is 5.69 Å². The average molecular weight is 263 g/mol. The number of carbonyl (C=O) groups is 1. The first-order valence-corrected chi connectivity index (χ1v) is 6.32. The number of nitrogens with zero attached hydrogens (tertiary/aromatic N) is 2. The molecule has 0 fully saturated rings. The lowest BCUT2D eigenvalue weighted by molar-refractivity contribution is 0.102. The molecule has 6 heteroatoms. The Morgan fingerprint density at radius 3 is 2.94 bits per heavy atom. The molecule has 0 spiro atoms. The standard InChI is InChI=1S/C12H13N3O2S/c1-7-4-3-5-13-10(7)11(17)15-12-14-9(6-18-12)8(2)16/h3-6,8,16H,1-2H3,(H,14,15,17). The van der Waals surface area contributed by atoms with Gasteiger partial charge in [-0.2, -0.15) is 0 Å². The van der Waals surface area contributed by atoms with Gasteiger partial charge in [-0.25, -0.2) is 4.98 Å². The number of aromatic nitrogens is 2. The van der Waals surface area contributed by atoms with Crippen molar-refractivity contribution in [1.82, 2.24) is 9.97 Å². The van der Waals surface area contributed by atoms with Gasteiger partial charge in [0.05, 0.1) is 11.8 Å². The Labute approximate surface area is 109 Å². The van der Waals surface area contributed by atoms with Crippen LogP contribution in [0.25, 0.3) is 0 Å². The number of nitrogens with one attached hydrogen (secondary N) is 1. The molecule has 0 aliphatic carbocycles. The second-order valence-corrected chi connectivity index (χ2v) is 4.73. The number of aliphatic hydroxyl groups excluding tert-OH is 1. The zero-order chi connectivity index (χ0) is 13.1. The Morgan fingerprint density at radius 2 is 2.33 bits per heavy atom. The molecule has 0 bridgehead atoms. The van der Waals surface area contributed by atoms with Crippen LogP contribution in [0.5, 0.6) is 0 Å². The van der Waals surface area contributed by atoms with Crippen LogP contribution in [-0.4, -0.2) is 21.0 Å². The molecule has 1 amide bonds. The predicted molar refractivity (Wildman–Crippen MR) is 69.7 cm³/mol. The van der Waals surface area contributed by atoms with Crippen LogP contribution in [0.3, 0.4) is 0 Å². The predicted octanol–water partition coefficient (Wildman–Crippen LogP) is 2.15. The smallest absolute Gasteiger partial charge is 0.276 e. The summed E-state index contributed by atoms with van der Waals surface area (Å²) in [5.74, 6) is -0.292. The van der Waals surface area contributed by atoms with E-state index in [2.05, 4.69) is 15.3 Å². The van der Waals surface area contributed by atoms with E-state index in [4.69, 9.17) is 0 Å². The molecule has 2 aromatic rings. The lowest BCUT2D eigenvalue weighted by Crippen LogP contribution is -2.15. The van der Waals surface area contributed by atoms with E-state index in [0.717, 1.165) is 5.56 Å². The highest BCUT2D eigenvalue weighted by atomic mass is 32.1. The van der Waals surface area contributed by atoms with Crippen LogP contribution in [0.15, 0.2) is 23.7 Å². The fourth-order valence-corrected chi connectivity index (χ4v) is 2.21. The third kappa shape index (κ3) is 2.72. The summed E-state index contributed by atoms with van der Waals surface area (Å²) in [7, 11) is 0. The van der Waals surface area contributed by atoms with Crippen molar-refractivity contribution >= 4 is 22.4 Å². The number of thiazole rings is 1. The van der Waals surface area contributed by atoms with Crippen LogP contribution in [0, 0.1) is 6.92 Å². The van der Waals surface area contributed by atoms with Gasteiger partial charge in [0.2, 0.25) is 0 Å². The molecule has 18 heavy (non-hydrogen) atoms. The normalized spacial score (nSPS) is 12.2. The minimum absolute atomic E-state index is 0.292. The van der Waals surface area contributed by atoms with Gasteiger partial charge in [0, 0.05) is 11.6 Å². The van der Waals surface area contributed by atoms with Gasteiger partial charge in [-0.05, 0) is 25.5 Å². The minimum Gasteiger partial charge on any atom is -0.387 e. The molecular weight excluding hydrogens is 250 g/mol. The van der Waals surface area contributed by atoms with Crippen molar-refractivity contribution in [1.29, 1.82) is 0 Å². The molecule has 2 rings (SSSR count). The number of pyridine rings is 1. The summed E-state index contributed by atoms with van der Waals surface area (Å²) in [5.41, 5.74) is 1.74. The number of rotatable bonds is 3. The Hall–Kier alpha value is -1.79. The van der Waals surface area contributed by atoms with Gasteiger partial charge in [-0.3, -0.25) is 15.1 Å². The first kappa shape index (κ1) is 12.7. The topological polar surface area (TPSA) is 75.1 Å². The number of anilines is 1. The Morgan fingerprint density at radius 1 is 1.56 bits per heavy atom. The highest BCUT2D eigenvalue weighted by molar-refractivity contribution is 7.14. The SMILES string of the molecule is Cc1cccnc1C(=O)Nc1nc(C(C)O)cs1. The average Bonchev–Trinajstić information content (AvgIpc) is 2.78. The summed E-state index contributed by atoms with van der Waals surface area (Å²) in [6, 6.07) is 3.60. The number of hydrogen-bond acceptors (Lipinski definition) is 5. The van der Waals surface area contributed by atoms with Crippen molar-refractivity contribution in [2.24, 2.45) is 0 Å². The summed E-state index contributed by atoms with van der Waals surface area (Å²) >= 11 is 1.28. The molecule has 0 aliphatic heterocycles. The van der Waals surface area contributed by atoms with Crippen LogP contribution in [0.2, 0.25) is 0 Å². The summed E-state index contributed by atoms with van der Waals surface area (Å²) in [4.78, 5) is 20.1. The molecule has 0 saturated heterocycles. The quantitative estimate of drug-likeness (QED) is 0.889. The van der Waals surface area contributed by atoms with Crippen LogP contribution in [-0.2, 0) is 0 Å². The lowest BCUT2D eigenvalue weighted by Gasteiger charge is -2.03. The highest BCUT2D eigenvalue weighted by Crippen LogP contribution is 2.20. The van der Waals surface area contributed by atoms with Crippen molar-refractivity contribution in [3.63, 3.8) is 0 Å². The summed E-state index contributed by atoms with van der Waals surface area (Å²) in [5, 5.41) is 14.2. The molecule has 94 valence electrons. The van der Waals surface area contributed by atoms with Crippen molar-refractivity contribution in [3.05, 3.63) is 40.7 Å². The van der Waals surface area contributed by atoms with Gasteiger partial charge < -0.3 is 5.11 Å². The van der Waals surface area contributed by atoms with Gasteiger partial charge in [0.25, 0.3) is 5.91 Å². The zero-order valence-electron chi connectivity index (χ0n) is 10.0. The lowest BCUT2D eigenvalue weighted by atomic mass is 10.2. The van der Waals surface area contributed by atoms with E-state index in [1.807, 2.05) is 13.0 Å². The van der Waals surface area contributed by atoms with E-state index < -0.39 is 6.10 Å². The maximum Gasteiger partial charge on any atom is 0.276 e. The van der Waals surface area contributed by atoms with Gasteiger partial charge in [-0.15, -0.1) is 11.3 Å². The summed E-state index contributed by atoms with van der Waals surface area (Å²) in [6.45, 7) is 3.45. The summed E-state index contributed by atoms with van der Waals surface area (Å²) in [6.07, 6.45) is 0.939. The van der Waals surface area contributed by atoms with E-state index in [9.17, 15) is 9.90 Å². The highest BCUT2D eigenvalue weighted by Gasteiger charge is 2.13. The maximum absolute atomic E-state index is 11.9. The van der Waals surface area contributed by atoms with Crippen molar-refractivity contribution in [2.75, 3.05) is 5.32 Å². The Bertz CT molecular complexity index is 566. The van der Waals surface area contributed by atoms with Crippen LogP contribution in [0.1, 0.15) is 34.8 Å². The monoisotopic (exact) mass is 263 g/mol. The Balaban J connectivity index is 2.14. The summed E-state index contributed by atoms with van der Waals surface area (Å²) < 4.78 is 0. The molecular formula is C12H13N3O2S. The number of hydrogen-bond donors (Lipinski definition) is 2. The van der Waals surface area contributed by atoms with E-state index in [1.54, 1.807) is 24.6 Å². The largest absolute Gasteiger partial charge is 0.387 e. The molecule has 1 atom stereocenters. The zero-order valence-corrected chi connectivity index (χ0v) is 10.9. The second kappa shape index (κ2) is 5.24. The fourth-order valence-electron chi connectivity index (χ4n) is 1.42. The number of amides is 1. The fraction of sp³-hybridized carbons (Fsp3) is 0.250. The molecule has 0 radical (unpaired) electrons. The minimum atomic E-state index is -0.636.